The highest BCUT2D eigenvalue weighted by molar-refractivity contribution is 6.32. The fourth-order valence-corrected chi connectivity index (χ4v) is 4.15. The van der Waals surface area contributed by atoms with Gasteiger partial charge in [0, 0.05) is 17.3 Å². The minimum absolute atomic E-state index is 0.0980. The number of benzene rings is 2. The summed E-state index contributed by atoms with van der Waals surface area (Å²) >= 11 is 6.33. The van der Waals surface area contributed by atoms with Gasteiger partial charge in [-0.2, -0.15) is 0 Å². The molecule has 0 fully saturated rings. The van der Waals surface area contributed by atoms with E-state index in [-0.39, 0.29) is 12.5 Å². The summed E-state index contributed by atoms with van der Waals surface area (Å²) in [6.45, 7) is 4.68. The van der Waals surface area contributed by atoms with Crippen molar-refractivity contribution >= 4 is 29.1 Å². The van der Waals surface area contributed by atoms with E-state index in [2.05, 4.69) is 5.32 Å². The minimum Gasteiger partial charge on any atom is -0.368 e. The Bertz CT molecular complexity index is 897. The van der Waals surface area contributed by atoms with Gasteiger partial charge < -0.3 is 11.1 Å². The first-order valence-electron chi connectivity index (χ1n) is 9.64. The molecule has 6 heteroatoms. The molecule has 1 atom stereocenters. The van der Waals surface area contributed by atoms with Crippen LogP contribution in [-0.4, -0.2) is 29.3 Å². The topological polar surface area (TPSA) is 75.4 Å². The Morgan fingerprint density at radius 1 is 1.14 bits per heavy atom. The molecule has 0 bridgehead atoms. The zero-order valence-corrected chi connectivity index (χ0v) is 17.1. The Hall–Kier alpha value is -2.37. The predicted octanol–water partition coefficient (Wildman–Crippen LogP) is 3.32. The number of fused-ring (bicyclic) bond motifs is 1. The molecule has 0 aliphatic carbocycles. The highest BCUT2D eigenvalue weighted by atomic mass is 35.5. The molecular formula is C22H26ClN3O2. The number of nitrogens with two attached hydrogens (primary N) is 1. The van der Waals surface area contributed by atoms with Crippen molar-refractivity contribution in [1.82, 2.24) is 4.90 Å². The highest BCUT2D eigenvalue weighted by Gasteiger charge is 2.31. The van der Waals surface area contributed by atoms with Crippen LogP contribution in [0.25, 0.3) is 0 Å². The van der Waals surface area contributed by atoms with Crippen LogP contribution in [0.5, 0.6) is 0 Å². The van der Waals surface area contributed by atoms with E-state index in [1.54, 1.807) is 0 Å². The SMILES string of the molecule is CCc1ccc(Cl)c(CC)c1NC(=O)CN1Cc2ccccc2C[C@@H]1C(N)=O. The van der Waals surface area contributed by atoms with Crippen molar-refractivity contribution in [2.45, 2.75) is 45.7 Å². The van der Waals surface area contributed by atoms with Crippen molar-refractivity contribution in [3.63, 3.8) is 0 Å². The summed E-state index contributed by atoms with van der Waals surface area (Å²) < 4.78 is 0. The normalized spacial score (nSPS) is 16.5. The van der Waals surface area contributed by atoms with E-state index in [4.69, 9.17) is 17.3 Å². The molecule has 2 amide bonds. The van der Waals surface area contributed by atoms with Gasteiger partial charge in [0.05, 0.1) is 12.6 Å². The van der Waals surface area contributed by atoms with Crippen LogP contribution in [0.15, 0.2) is 36.4 Å². The molecule has 0 unspecified atom stereocenters. The highest BCUT2D eigenvalue weighted by Crippen LogP contribution is 2.30. The Kier molecular flexibility index (Phi) is 6.37. The average Bonchev–Trinajstić information content (AvgIpc) is 2.67. The van der Waals surface area contributed by atoms with E-state index in [9.17, 15) is 9.59 Å². The van der Waals surface area contributed by atoms with Crippen LogP contribution in [0.2, 0.25) is 5.02 Å². The Labute approximate surface area is 170 Å². The molecular weight excluding hydrogens is 374 g/mol. The maximum Gasteiger partial charge on any atom is 0.238 e. The van der Waals surface area contributed by atoms with Crippen LogP contribution in [0, 0.1) is 0 Å². The van der Waals surface area contributed by atoms with Crippen molar-refractivity contribution < 1.29 is 9.59 Å². The number of amides is 2. The van der Waals surface area contributed by atoms with Crippen LogP contribution < -0.4 is 11.1 Å². The van der Waals surface area contributed by atoms with Crippen LogP contribution in [0.4, 0.5) is 5.69 Å². The van der Waals surface area contributed by atoms with Gasteiger partial charge in [-0.05, 0) is 47.6 Å². The Morgan fingerprint density at radius 3 is 2.50 bits per heavy atom. The van der Waals surface area contributed by atoms with Gasteiger partial charge in [0.1, 0.15) is 0 Å². The fraction of sp³-hybridized carbons (Fsp3) is 0.364. The third-order valence-electron chi connectivity index (χ3n) is 5.36. The van der Waals surface area contributed by atoms with Gasteiger partial charge in [0.25, 0.3) is 0 Å². The second-order valence-corrected chi connectivity index (χ2v) is 7.52. The number of aryl methyl sites for hydroxylation is 1. The number of nitrogens with one attached hydrogen (secondary N) is 1. The lowest BCUT2D eigenvalue weighted by molar-refractivity contribution is -0.125. The van der Waals surface area contributed by atoms with Gasteiger partial charge in [-0.1, -0.05) is 55.8 Å². The van der Waals surface area contributed by atoms with Crippen LogP contribution in [0.3, 0.4) is 0 Å². The molecule has 0 saturated heterocycles. The number of hydrogen-bond donors (Lipinski definition) is 2. The molecule has 0 saturated carbocycles. The second kappa shape index (κ2) is 8.76. The lowest BCUT2D eigenvalue weighted by Crippen LogP contribution is -2.51. The molecule has 1 aliphatic rings. The number of primary amides is 1. The number of carbonyl (C=O) groups excluding carboxylic acids is 2. The molecule has 1 aliphatic heterocycles. The number of carbonyl (C=O) groups is 2. The summed E-state index contributed by atoms with van der Waals surface area (Å²) in [5.74, 6) is -0.578. The van der Waals surface area contributed by atoms with Gasteiger partial charge in [0.2, 0.25) is 11.8 Å². The first-order valence-corrected chi connectivity index (χ1v) is 10.0. The molecule has 3 N–H and O–H groups in total. The molecule has 5 nitrogen and oxygen atoms in total. The minimum atomic E-state index is -0.490. The first kappa shape index (κ1) is 20.4. The molecule has 2 aromatic rings. The van der Waals surface area contributed by atoms with Crippen molar-refractivity contribution in [3.8, 4) is 0 Å². The zero-order chi connectivity index (χ0) is 20.3. The lowest BCUT2D eigenvalue weighted by Gasteiger charge is -2.34. The molecule has 0 aromatic heterocycles. The van der Waals surface area contributed by atoms with Crippen LogP contribution in [0.1, 0.15) is 36.1 Å². The second-order valence-electron chi connectivity index (χ2n) is 7.11. The Balaban J connectivity index is 1.81. The Morgan fingerprint density at radius 2 is 1.86 bits per heavy atom. The molecule has 0 spiro atoms. The molecule has 148 valence electrons. The summed E-state index contributed by atoms with van der Waals surface area (Å²) in [4.78, 5) is 26.7. The summed E-state index contributed by atoms with van der Waals surface area (Å²) in [6.07, 6.45) is 2.04. The number of rotatable bonds is 6. The van der Waals surface area contributed by atoms with Gasteiger partial charge in [-0.25, -0.2) is 0 Å². The molecule has 28 heavy (non-hydrogen) atoms. The quantitative estimate of drug-likeness (QED) is 0.782. The number of hydrogen-bond acceptors (Lipinski definition) is 3. The van der Waals surface area contributed by atoms with Crippen molar-refractivity contribution in [2.24, 2.45) is 5.73 Å². The summed E-state index contributed by atoms with van der Waals surface area (Å²) in [7, 11) is 0. The van der Waals surface area contributed by atoms with E-state index in [1.165, 1.54) is 0 Å². The van der Waals surface area contributed by atoms with Gasteiger partial charge in [0.15, 0.2) is 0 Å². The molecule has 3 rings (SSSR count). The number of anilines is 1. The summed E-state index contributed by atoms with van der Waals surface area (Å²) in [5.41, 5.74) is 10.6. The van der Waals surface area contributed by atoms with Gasteiger partial charge in [-0.15, -0.1) is 0 Å². The predicted molar refractivity (Wildman–Crippen MR) is 112 cm³/mol. The summed E-state index contributed by atoms with van der Waals surface area (Å²) in [5, 5.41) is 3.69. The standard InChI is InChI=1S/C22H26ClN3O2/c1-3-14-9-10-18(23)17(4-2)21(14)25-20(27)13-26-12-16-8-6-5-7-15(16)11-19(26)22(24)28/h5-10,19H,3-4,11-13H2,1-2H3,(H2,24,28)(H,25,27)/t19-/m1/s1. The maximum absolute atomic E-state index is 12.9. The van der Waals surface area contributed by atoms with E-state index in [1.807, 2.05) is 55.1 Å². The number of nitrogens with zero attached hydrogens (tertiary/aromatic N) is 1. The lowest BCUT2D eigenvalue weighted by atomic mass is 9.93. The first-order chi connectivity index (χ1) is 13.4. The average molecular weight is 400 g/mol. The van der Waals surface area contributed by atoms with Crippen molar-refractivity contribution in [2.75, 3.05) is 11.9 Å². The van der Waals surface area contributed by atoms with Gasteiger partial charge >= 0.3 is 0 Å². The van der Waals surface area contributed by atoms with E-state index >= 15 is 0 Å². The maximum atomic E-state index is 12.9. The third-order valence-corrected chi connectivity index (χ3v) is 5.72. The van der Waals surface area contributed by atoms with Crippen molar-refractivity contribution in [3.05, 3.63) is 63.7 Å². The molecule has 1 heterocycles. The van der Waals surface area contributed by atoms with Gasteiger partial charge in [-0.3, -0.25) is 14.5 Å². The third kappa shape index (κ3) is 4.21. The van der Waals surface area contributed by atoms with Crippen LogP contribution >= 0.6 is 11.6 Å². The van der Waals surface area contributed by atoms with E-state index in [0.29, 0.717) is 18.0 Å². The smallest absolute Gasteiger partial charge is 0.238 e. The monoisotopic (exact) mass is 399 g/mol. The fourth-order valence-electron chi connectivity index (χ4n) is 3.85. The summed E-state index contributed by atoms with van der Waals surface area (Å²) in [6, 6.07) is 11.3. The van der Waals surface area contributed by atoms with Crippen molar-refractivity contribution in [1.29, 1.82) is 0 Å². The van der Waals surface area contributed by atoms with E-state index in [0.717, 1.165) is 40.8 Å². The molecule has 2 aromatic carbocycles. The number of halogens is 1. The zero-order valence-electron chi connectivity index (χ0n) is 16.3. The largest absolute Gasteiger partial charge is 0.368 e. The van der Waals surface area contributed by atoms with E-state index < -0.39 is 11.9 Å². The molecule has 0 radical (unpaired) electrons. The van der Waals surface area contributed by atoms with Crippen LogP contribution in [-0.2, 0) is 35.4 Å².